The molecule has 2 heterocycles. The number of nitrogen functional groups attached to an aromatic ring is 1. The van der Waals surface area contributed by atoms with Gasteiger partial charge in [-0.25, -0.2) is 0 Å². The minimum Gasteiger partial charge on any atom is -0.398 e. The highest BCUT2D eigenvalue weighted by molar-refractivity contribution is 7.09. The smallest absolute Gasteiger partial charge is 0.254 e. The van der Waals surface area contributed by atoms with Gasteiger partial charge in [-0.1, -0.05) is 6.07 Å². The lowest BCUT2D eigenvalue weighted by Gasteiger charge is -2.07. The molecule has 2 aromatic rings. The fraction of sp³-hybridized carbons (Fsp3) is 0.231. The molecular formula is C13H15N3OS. The molecule has 4 nitrogen and oxygen atoms in total. The van der Waals surface area contributed by atoms with Gasteiger partial charge in [0.2, 0.25) is 0 Å². The molecule has 0 radical (unpaired) electrons. The standard InChI is InChI=1S/C13H15N3OS/c1-9-7-12(14)11(8-16-9)13(17)15-5-4-10-3-2-6-18-10/h2-3,6-8H,4-5H2,1H3,(H2,14,16)(H,15,17). The number of aryl methyl sites for hydroxylation is 1. The van der Waals surface area contributed by atoms with Crippen LogP contribution < -0.4 is 11.1 Å². The lowest BCUT2D eigenvalue weighted by atomic mass is 10.2. The number of amides is 1. The van der Waals surface area contributed by atoms with E-state index < -0.39 is 0 Å². The van der Waals surface area contributed by atoms with Crippen molar-refractivity contribution in [2.75, 3.05) is 12.3 Å². The molecule has 0 unspecified atom stereocenters. The highest BCUT2D eigenvalue weighted by Crippen LogP contribution is 2.11. The van der Waals surface area contributed by atoms with Gasteiger partial charge in [0.05, 0.1) is 5.56 Å². The van der Waals surface area contributed by atoms with E-state index in [1.807, 2.05) is 18.4 Å². The monoisotopic (exact) mass is 261 g/mol. The Morgan fingerprint density at radius 1 is 1.56 bits per heavy atom. The van der Waals surface area contributed by atoms with Crippen LogP contribution in [-0.4, -0.2) is 17.4 Å². The topological polar surface area (TPSA) is 68.0 Å². The molecule has 0 spiro atoms. The van der Waals surface area contributed by atoms with Crippen molar-refractivity contribution in [3.8, 4) is 0 Å². The third kappa shape index (κ3) is 3.07. The molecule has 18 heavy (non-hydrogen) atoms. The van der Waals surface area contributed by atoms with Gasteiger partial charge in [-0.2, -0.15) is 0 Å². The van der Waals surface area contributed by atoms with Crippen molar-refractivity contribution in [1.82, 2.24) is 10.3 Å². The average molecular weight is 261 g/mol. The van der Waals surface area contributed by atoms with Gasteiger partial charge in [0, 0.05) is 29.0 Å². The zero-order valence-corrected chi connectivity index (χ0v) is 11.0. The minimum absolute atomic E-state index is 0.170. The zero-order valence-electron chi connectivity index (χ0n) is 10.1. The molecule has 94 valence electrons. The molecule has 2 aromatic heterocycles. The summed E-state index contributed by atoms with van der Waals surface area (Å²) in [5, 5.41) is 4.87. The van der Waals surface area contributed by atoms with E-state index in [-0.39, 0.29) is 5.91 Å². The Labute approximate surface area is 110 Å². The van der Waals surface area contributed by atoms with Crippen molar-refractivity contribution in [3.05, 3.63) is 45.9 Å². The van der Waals surface area contributed by atoms with Crippen molar-refractivity contribution in [1.29, 1.82) is 0 Å². The van der Waals surface area contributed by atoms with Gasteiger partial charge in [-0.05, 0) is 30.9 Å². The van der Waals surface area contributed by atoms with Crippen LogP contribution in [0.15, 0.2) is 29.8 Å². The van der Waals surface area contributed by atoms with Gasteiger partial charge in [0.25, 0.3) is 5.91 Å². The predicted octanol–water partition coefficient (Wildman–Crippen LogP) is 2.01. The van der Waals surface area contributed by atoms with Gasteiger partial charge < -0.3 is 11.1 Å². The summed E-state index contributed by atoms with van der Waals surface area (Å²) in [5.41, 5.74) is 7.50. The fourth-order valence-corrected chi connectivity index (χ4v) is 2.33. The Balaban J connectivity index is 1.91. The number of anilines is 1. The van der Waals surface area contributed by atoms with E-state index in [2.05, 4.69) is 16.4 Å². The first-order valence-corrected chi connectivity index (χ1v) is 6.57. The first-order valence-electron chi connectivity index (χ1n) is 5.69. The third-order valence-electron chi connectivity index (χ3n) is 2.55. The van der Waals surface area contributed by atoms with Crippen LogP contribution in [0, 0.1) is 6.92 Å². The van der Waals surface area contributed by atoms with Crippen LogP contribution in [-0.2, 0) is 6.42 Å². The van der Waals surface area contributed by atoms with Crippen LogP contribution in [0.4, 0.5) is 5.69 Å². The summed E-state index contributed by atoms with van der Waals surface area (Å²) in [5.74, 6) is -0.170. The lowest BCUT2D eigenvalue weighted by molar-refractivity contribution is 0.0955. The maximum absolute atomic E-state index is 11.9. The summed E-state index contributed by atoms with van der Waals surface area (Å²) in [7, 11) is 0. The van der Waals surface area contributed by atoms with Crippen molar-refractivity contribution in [2.24, 2.45) is 0 Å². The average Bonchev–Trinajstić information content (AvgIpc) is 2.81. The molecular weight excluding hydrogens is 246 g/mol. The Bertz CT molecular complexity index is 537. The second-order valence-corrected chi connectivity index (χ2v) is 5.03. The highest BCUT2D eigenvalue weighted by Gasteiger charge is 2.09. The maximum atomic E-state index is 11.9. The Hall–Kier alpha value is -1.88. The molecule has 0 aliphatic heterocycles. The Kier molecular flexibility index (Phi) is 3.94. The van der Waals surface area contributed by atoms with E-state index in [1.54, 1.807) is 17.4 Å². The number of hydrogen-bond donors (Lipinski definition) is 2. The van der Waals surface area contributed by atoms with E-state index in [1.165, 1.54) is 11.1 Å². The van der Waals surface area contributed by atoms with Crippen LogP contribution in [0.3, 0.4) is 0 Å². The van der Waals surface area contributed by atoms with Crippen molar-refractivity contribution >= 4 is 22.9 Å². The number of nitrogens with zero attached hydrogens (tertiary/aromatic N) is 1. The fourth-order valence-electron chi connectivity index (χ4n) is 1.62. The molecule has 0 fully saturated rings. The first kappa shape index (κ1) is 12.6. The Morgan fingerprint density at radius 2 is 2.39 bits per heavy atom. The Morgan fingerprint density at radius 3 is 3.06 bits per heavy atom. The summed E-state index contributed by atoms with van der Waals surface area (Å²) >= 11 is 1.69. The second kappa shape index (κ2) is 5.64. The van der Waals surface area contributed by atoms with E-state index >= 15 is 0 Å². The molecule has 0 aliphatic carbocycles. The summed E-state index contributed by atoms with van der Waals surface area (Å²) in [6.07, 6.45) is 2.35. The van der Waals surface area contributed by atoms with Crippen molar-refractivity contribution in [2.45, 2.75) is 13.3 Å². The summed E-state index contributed by atoms with van der Waals surface area (Å²) in [4.78, 5) is 17.2. The number of hydrogen-bond acceptors (Lipinski definition) is 4. The third-order valence-corrected chi connectivity index (χ3v) is 3.49. The number of pyridine rings is 1. The van der Waals surface area contributed by atoms with Gasteiger partial charge in [0.15, 0.2) is 0 Å². The number of nitrogens with two attached hydrogens (primary N) is 1. The minimum atomic E-state index is -0.170. The number of rotatable bonds is 4. The number of thiophene rings is 1. The van der Waals surface area contributed by atoms with Crippen LogP contribution in [0.5, 0.6) is 0 Å². The molecule has 0 atom stereocenters. The maximum Gasteiger partial charge on any atom is 0.254 e. The van der Waals surface area contributed by atoms with Gasteiger partial charge >= 0.3 is 0 Å². The summed E-state index contributed by atoms with van der Waals surface area (Å²) in [6.45, 7) is 2.45. The molecule has 0 aromatic carbocycles. The lowest BCUT2D eigenvalue weighted by Crippen LogP contribution is -2.26. The number of nitrogens with one attached hydrogen (secondary N) is 1. The zero-order chi connectivity index (χ0) is 13.0. The summed E-state index contributed by atoms with van der Waals surface area (Å²) in [6, 6.07) is 5.76. The van der Waals surface area contributed by atoms with Crippen LogP contribution >= 0.6 is 11.3 Å². The quantitative estimate of drug-likeness (QED) is 0.884. The van der Waals surface area contributed by atoms with E-state index in [0.29, 0.717) is 17.8 Å². The highest BCUT2D eigenvalue weighted by atomic mass is 32.1. The SMILES string of the molecule is Cc1cc(N)c(C(=O)NCCc2cccs2)cn1. The normalized spacial score (nSPS) is 10.3. The molecule has 0 aliphatic rings. The first-order chi connectivity index (χ1) is 8.66. The molecule has 2 rings (SSSR count). The largest absolute Gasteiger partial charge is 0.398 e. The molecule has 5 heteroatoms. The summed E-state index contributed by atoms with van der Waals surface area (Å²) < 4.78 is 0. The van der Waals surface area contributed by atoms with Crippen molar-refractivity contribution in [3.63, 3.8) is 0 Å². The van der Waals surface area contributed by atoms with Gasteiger partial charge in [0.1, 0.15) is 0 Å². The van der Waals surface area contributed by atoms with E-state index in [4.69, 9.17) is 5.73 Å². The van der Waals surface area contributed by atoms with E-state index in [0.717, 1.165) is 12.1 Å². The molecule has 0 saturated heterocycles. The van der Waals surface area contributed by atoms with Crippen molar-refractivity contribution < 1.29 is 4.79 Å². The number of carbonyl (C=O) groups is 1. The van der Waals surface area contributed by atoms with Gasteiger partial charge in [-0.3, -0.25) is 9.78 Å². The molecule has 0 saturated carbocycles. The second-order valence-electron chi connectivity index (χ2n) is 4.00. The van der Waals surface area contributed by atoms with Crippen LogP contribution in [0.25, 0.3) is 0 Å². The van der Waals surface area contributed by atoms with Gasteiger partial charge in [-0.15, -0.1) is 11.3 Å². The molecule has 3 N–H and O–H groups in total. The molecule has 0 bridgehead atoms. The van der Waals surface area contributed by atoms with Crippen LogP contribution in [0.2, 0.25) is 0 Å². The predicted molar refractivity (Wildman–Crippen MR) is 73.7 cm³/mol. The number of carbonyl (C=O) groups excluding carboxylic acids is 1. The molecule has 1 amide bonds. The van der Waals surface area contributed by atoms with Crippen LogP contribution in [0.1, 0.15) is 20.9 Å². The number of aromatic nitrogens is 1. The van der Waals surface area contributed by atoms with E-state index in [9.17, 15) is 4.79 Å².